The molecule has 2 rings (SSSR count). The van der Waals surface area contributed by atoms with Crippen LogP contribution in [0.2, 0.25) is 0 Å². The van der Waals surface area contributed by atoms with Crippen molar-refractivity contribution in [1.82, 2.24) is 10.2 Å². The fraction of sp³-hybridized carbons (Fsp3) is 0.273. The van der Waals surface area contributed by atoms with Crippen molar-refractivity contribution in [3.05, 3.63) is 35.5 Å². The van der Waals surface area contributed by atoms with Crippen LogP contribution in [0.3, 0.4) is 0 Å². The van der Waals surface area contributed by atoms with Gasteiger partial charge in [-0.2, -0.15) is 0 Å². The molecule has 0 N–H and O–H groups in total. The van der Waals surface area contributed by atoms with Crippen molar-refractivity contribution in [2.75, 3.05) is 5.88 Å². The first-order valence-corrected chi connectivity index (χ1v) is 5.38. The fourth-order valence-electron chi connectivity index (χ4n) is 1.41. The van der Waals surface area contributed by atoms with E-state index in [1.807, 2.05) is 6.92 Å². The van der Waals surface area contributed by atoms with Crippen molar-refractivity contribution in [2.24, 2.45) is 0 Å². The lowest BCUT2D eigenvalue weighted by Gasteiger charge is -1.97. The average Bonchev–Trinajstić information content (AvgIpc) is 2.65. The zero-order chi connectivity index (χ0) is 11.5. The summed E-state index contributed by atoms with van der Waals surface area (Å²) in [4.78, 5) is 0. The van der Waals surface area contributed by atoms with Gasteiger partial charge < -0.3 is 4.42 Å². The topological polar surface area (TPSA) is 38.9 Å². The zero-order valence-electron chi connectivity index (χ0n) is 8.70. The van der Waals surface area contributed by atoms with E-state index in [0.717, 1.165) is 5.56 Å². The molecular formula is C11H10ClFN2O. The number of hydrogen-bond acceptors (Lipinski definition) is 3. The molecule has 0 aliphatic heterocycles. The molecule has 0 radical (unpaired) electrons. The smallest absolute Gasteiger partial charge is 0.247 e. The lowest BCUT2D eigenvalue weighted by atomic mass is 10.1. The molecule has 0 spiro atoms. The van der Waals surface area contributed by atoms with Crippen molar-refractivity contribution >= 4 is 11.6 Å². The molecule has 0 fully saturated rings. The minimum Gasteiger partial charge on any atom is -0.421 e. The maximum absolute atomic E-state index is 13.2. The van der Waals surface area contributed by atoms with E-state index in [1.54, 1.807) is 6.07 Å². The van der Waals surface area contributed by atoms with Gasteiger partial charge >= 0.3 is 0 Å². The number of halogens is 2. The van der Waals surface area contributed by atoms with Gasteiger partial charge in [0.1, 0.15) is 5.82 Å². The Balaban J connectivity index is 2.34. The minimum atomic E-state index is -0.313. The molecular weight excluding hydrogens is 231 g/mol. The lowest BCUT2D eigenvalue weighted by Crippen LogP contribution is -1.84. The zero-order valence-corrected chi connectivity index (χ0v) is 9.46. The molecule has 3 nitrogen and oxygen atoms in total. The number of nitrogens with zero attached hydrogens (tertiary/aromatic N) is 2. The predicted octanol–water partition coefficient (Wildman–Crippen LogP) is 2.97. The molecule has 0 saturated carbocycles. The van der Waals surface area contributed by atoms with Gasteiger partial charge in [0.2, 0.25) is 11.8 Å². The second-order valence-electron chi connectivity index (χ2n) is 3.46. The summed E-state index contributed by atoms with van der Waals surface area (Å²) in [5.74, 6) is 0.894. The van der Waals surface area contributed by atoms with Crippen LogP contribution < -0.4 is 0 Å². The largest absolute Gasteiger partial charge is 0.421 e. The fourth-order valence-corrected chi connectivity index (χ4v) is 1.57. The van der Waals surface area contributed by atoms with Gasteiger partial charge in [-0.15, -0.1) is 21.8 Å². The van der Waals surface area contributed by atoms with E-state index in [-0.39, 0.29) is 5.82 Å². The summed E-state index contributed by atoms with van der Waals surface area (Å²) < 4.78 is 18.5. The third-order valence-electron chi connectivity index (χ3n) is 2.06. The molecule has 0 aliphatic carbocycles. The van der Waals surface area contributed by atoms with Gasteiger partial charge in [0, 0.05) is 17.9 Å². The summed E-state index contributed by atoms with van der Waals surface area (Å²) in [6.07, 6.45) is 0.517. The summed E-state index contributed by atoms with van der Waals surface area (Å²) in [5, 5.41) is 7.66. The number of hydrogen-bond donors (Lipinski definition) is 0. The standard InChI is InChI=1S/C11H10ClFN2O/c1-7-4-8(6-9(13)5-7)11-15-14-10(16-11)2-3-12/h4-6H,2-3H2,1H3. The van der Waals surface area contributed by atoms with Gasteiger partial charge in [0.25, 0.3) is 0 Å². The molecule has 1 aromatic heterocycles. The summed E-state index contributed by atoms with van der Waals surface area (Å²) in [6, 6.07) is 4.60. The predicted molar refractivity (Wildman–Crippen MR) is 58.9 cm³/mol. The number of aryl methyl sites for hydroxylation is 2. The molecule has 2 aromatic rings. The Hall–Kier alpha value is -1.42. The van der Waals surface area contributed by atoms with Gasteiger partial charge in [0.05, 0.1) is 0 Å². The van der Waals surface area contributed by atoms with Gasteiger partial charge in [-0.25, -0.2) is 4.39 Å². The second-order valence-corrected chi connectivity index (χ2v) is 3.84. The van der Waals surface area contributed by atoms with E-state index in [2.05, 4.69) is 10.2 Å². The number of rotatable bonds is 3. The molecule has 0 amide bonds. The van der Waals surface area contributed by atoms with E-state index in [4.69, 9.17) is 16.0 Å². The van der Waals surface area contributed by atoms with E-state index < -0.39 is 0 Å². The van der Waals surface area contributed by atoms with Gasteiger partial charge in [-0.05, 0) is 30.7 Å². The van der Waals surface area contributed by atoms with Crippen molar-refractivity contribution in [2.45, 2.75) is 13.3 Å². The summed E-state index contributed by atoms with van der Waals surface area (Å²) in [7, 11) is 0. The summed E-state index contributed by atoms with van der Waals surface area (Å²) >= 11 is 5.55. The first-order valence-electron chi connectivity index (χ1n) is 4.85. The van der Waals surface area contributed by atoms with Crippen LogP contribution in [0.4, 0.5) is 4.39 Å². The van der Waals surface area contributed by atoms with Gasteiger partial charge in [0.15, 0.2) is 0 Å². The molecule has 0 unspecified atom stereocenters. The van der Waals surface area contributed by atoms with Crippen LogP contribution in [0.5, 0.6) is 0 Å². The Morgan fingerprint density at radius 3 is 2.81 bits per heavy atom. The monoisotopic (exact) mass is 240 g/mol. The maximum Gasteiger partial charge on any atom is 0.247 e. The molecule has 0 saturated heterocycles. The lowest BCUT2D eigenvalue weighted by molar-refractivity contribution is 0.513. The van der Waals surface area contributed by atoms with E-state index in [1.165, 1.54) is 12.1 Å². The number of benzene rings is 1. The van der Waals surface area contributed by atoms with Crippen LogP contribution in [0, 0.1) is 12.7 Å². The van der Waals surface area contributed by atoms with Crippen LogP contribution in [-0.4, -0.2) is 16.1 Å². The van der Waals surface area contributed by atoms with Crippen LogP contribution >= 0.6 is 11.6 Å². The van der Waals surface area contributed by atoms with Crippen molar-refractivity contribution in [3.63, 3.8) is 0 Å². The van der Waals surface area contributed by atoms with Gasteiger partial charge in [-0.3, -0.25) is 0 Å². The molecule has 1 aromatic carbocycles. The molecule has 0 bridgehead atoms. The molecule has 1 heterocycles. The highest BCUT2D eigenvalue weighted by atomic mass is 35.5. The van der Waals surface area contributed by atoms with Gasteiger partial charge in [-0.1, -0.05) is 0 Å². The average molecular weight is 241 g/mol. The van der Waals surface area contributed by atoms with Crippen LogP contribution in [0.15, 0.2) is 22.6 Å². The molecule has 84 valence electrons. The first-order chi connectivity index (χ1) is 7.69. The third-order valence-corrected chi connectivity index (χ3v) is 2.25. The van der Waals surface area contributed by atoms with Crippen LogP contribution in [0.1, 0.15) is 11.5 Å². The highest BCUT2D eigenvalue weighted by Crippen LogP contribution is 2.20. The minimum absolute atomic E-state index is 0.313. The Morgan fingerprint density at radius 1 is 1.31 bits per heavy atom. The van der Waals surface area contributed by atoms with Crippen molar-refractivity contribution < 1.29 is 8.81 Å². The van der Waals surface area contributed by atoms with Crippen LogP contribution in [0.25, 0.3) is 11.5 Å². The number of aromatic nitrogens is 2. The molecule has 16 heavy (non-hydrogen) atoms. The Kier molecular flexibility index (Phi) is 3.19. The molecule has 0 atom stereocenters. The quantitative estimate of drug-likeness (QED) is 0.775. The van der Waals surface area contributed by atoms with Crippen molar-refractivity contribution in [3.8, 4) is 11.5 Å². The summed E-state index contributed by atoms with van der Waals surface area (Å²) in [6.45, 7) is 1.81. The molecule has 5 heteroatoms. The van der Waals surface area contributed by atoms with E-state index in [9.17, 15) is 4.39 Å². The highest BCUT2D eigenvalue weighted by molar-refractivity contribution is 6.17. The normalized spacial score (nSPS) is 10.7. The Labute approximate surface area is 97.3 Å². The first kappa shape index (κ1) is 11.1. The second kappa shape index (κ2) is 4.61. The Bertz CT molecular complexity index is 478. The van der Waals surface area contributed by atoms with E-state index in [0.29, 0.717) is 29.6 Å². The maximum atomic E-state index is 13.2. The third kappa shape index (κ3) is 2.39. The number of alkyl halides is 1. The Morgan fingerprint density at radius 2 is 2.12 bits per heavy atom. The molecule has 0 aliphatic rings. The van der Waals surface area contributed by atoms with Crippen LogP contribution in [-0.2, 0) is 6.42 Å². The summed E-state index contributed by atoms with van der Waals surface area (Å²) in [5.41, 5.74) is 1.40. The SMILES string of the molecule is Cc1cc(F)cc(-c2nnc(CCCl)o2)c1. The highest BCUT2D eigenvalue weighted by Gasteiger charge is 2.09. The van der Waals surface area contributed by atoms with E-state index >= 15 is 0 Å². The van der Waals surface area contributed by atoms with Crippen molar-refractivity contribution in [1.29, 1.82) is 0 Å².